The number of furan rings is 1. The van der Waals surface area contributed by atoms with Crippen molar-refractivity contribution in [2.24, 2.45) is 0 Å². The molecule has 0 bridgehead atoms. The summed E-state index contributed by atoms with van der Waals surface area (Å²) < 4.78 is 5.76. The van der Waals surface area contributed by atoms with Gasteiger partial charge in [0, 0.05) is 0 Å². The number of terminal acetylenes is 1. The third-order valence-electron chi connectivity index (χ3n) is 2.39. The Labute approximate surface area is 97.8 Å². The molecule has 0 saturated heterocycles. The molecule has 1 aromatic heterocycles. The van der Waals surface area contributed by atoms with Gasteiger partial charge in [0.15, 0.2) is 0 Å². The molecule has 0 fully saturated rings. The fourth-order valence-corrected chi connectivity index (χ4v) is 1.56. The first kappa shape index (κ1) is 12.8. The first-order valence-electron chi connectivity index (χ1n) is 5.58. The van der Waals surface area contributed by atoms with Crippen molar-refractivity contribution in [2.45, 2.75) is 26.9 Å². The Morgan fingerprint density at radius 2 is 2.31 bits per heavy atom. The number of hydrogen-bond acceptors (Lipinski definition) is 3. The third kappa shape index (κ3) is 3.73. The third-order valence-corrected chi connectivity index (χ3v) is 2.39. The molecule has 1 heterocycles. The van der Waals surface area contributed by atoms with E-state index in [0.717, 1.165) is 31.2 Å². The summed E-state index contributed by atoms with van der Waals surface area (Å²) >= 11 is 0. The zero-order valence-corrected chi connectivity index (χ0v) is 10.3. The van der Waals surface area contributed by atoms with Crippen molar-refractivity contribution in [3.8, 4) is 12.3 Å². The zero-order valence-electron chi connectivity index (χ0n) is 10.3. The lowest BCUT2D eigenvalue weighted by molar-refractivity contribution is 0.318. The van der Waals surface area contributed by atoms with Gasteiger partial charge in [-0.05, 0) is 32.1 Å². The summed E-state index contributed by atoms with van der Waals surface area (Å²) in [4.78, 5) is 2.05. The van der Waals surface area contributed by atoms with Crippen LogP contribution in [0, 0.1) is 19.3 Å². The summed E-state index contributed by atoms with van der Waals surface area (Å²) in [6.07, 6.45) is 5.25. The van der Waals surface area contributed by atoms with Crippen molar-refractivity contribution in [3.05, 3.63) is 23.2 Å². The maximum Gasteiger partial charge on any atom is 0.120 e. The van der Waals surface area contributed by atoms with Crippen molar-refractivity contribution in [1.29, 1.82) is 0 Å². The van der Waals surface area contributed by atoms with E-state index in [2.05, 4.69) is 36.1 Å². The quantitative estimate of drug-likeness (QED) is 0.741. The number of rotatable bonds is 6. The lowest BCUT2D eigenvalue weighted by Crippen LogP contribution is -2.17. The molecule has 0 aromatic carbocycles. The summed E-state index contributed by atoms with van der Waals surface area (Å²) in [7, 11) is 1.99. The molecule has 0 spiro atoms. The van der Waals surface area contributed by atoms with Gasteiger partial charge in [-0.15, -0.1) is 6.42 Å². The van der Waals surface area contributed by atoms with Crippen LogP contribution >= 0.6 is 0 Å². The molecule has 88 valence electrons. The highest BCUT2D eigenvalue weighted by atomic mass is 16.3. The second kappa shape index (κ2) is 6.37. The van der Waals surface area contributed by atoms with Gasteiger partial charge >= 0.3 is 0 Å². The minimum absolute atomic E-state index is 0.641. The van der Waals surface area contributed by atoms with Crippen LogP contribution in [0.15, 0.2) is 10.5 Å². The number of aryl methyl sites for hydroxylation is 1. The number of hydrogen-bond donors (Lipinski definition) is 1. The highest BCUT2D eigenvalue weighted by Crippen LogP contribution is 2.15. The van der Waals surface area contributed by atoms with Crippen LogP contribution in [0.1, 0.15) is 24.0 Å². The minimum Gasteiger partial charge on any atom is -0.463 e. The zero-order chi connectivity index (χ0) is 12.0. The van der Waals surface area contributed by atoms with Gasteiger partial charge < -0.3 is 9.73 Å². The highest BCUT2D eigenvalue weighted by molar-refractivity contribution is 5.20. The standard InChI is InChI=1S/C13H20N2O/c1-5-7-15(4)10-12-8-11(3)13(16-12)9-14-6-2/h1,8,14H,6-7,9-10H2,2-4H3. The van der Waals surface area contributed by atoms with E-state index in [1.807, 2.05) is 7.05 Å². The molecule has 3 heteroatoms. The van der Waals surface area contributed by atoms with Crippen molar-refractivity contribution in [3.63, 3.8) is 0 Å². The molecule has 0 unspecified atom stereocenters. The molecular weight excluding hydrogens is 200 g/mol. The van der Waals surface area contributed by atoms with E-state index in [0.29, 0.717) is 6.54 Å². The van der Waals surface area contributed by atoms with E-state index in [4.69, 9.17) is 10.8 Å². The van der Waals surface area contributed by atoms with Crippen LogP contribution in [0.25, 0.3) is 0 Å². The van der Waals surface area contributed by atoms with E-state index in [-0.39, 0.29) is 0 Å². The fraction of sp³-hybridized carbons (Fsp3) is 0.538. The van der Waals surface area contributed by atoms with E-state index in [1.54, 1.807) is 0 Å². The molecule has 16 heavy (non-hydrogen) atoms. The molecule has 0 radical (unpaired) electrons. The monoisotopic (exact) mass is 220 g/mol. The molecular formula is C13H20N2O. The Balaban J connectivity index is 2.58. The van der Waals surface area contributed by atoms with Crippen LogP contribution < -0.4 is 5.32 Å². The smallest absolute Gasteiger partial charge is 0.120 e. The van der Waals surface area contributed by atoms with E-state index in [9.17, 15) is 0 Å². The maximum absolute atomic E-state index is 5.76. The van der Waals surface area contributed by atoms with Crippen LogP contribution in [0.2, 0.25) is 0 Å². The molecule has 0 saturated carbocycles. The van der Waals surface area contributed by atoms with E-state index >= 15 is 0 Å². The van der Waals surface area contributed by atoms with Crippen LogP contribution in [0.4, 0.5) is 0 Å². The molecule has 0 aliphatic carbocycles. The molecule has 3 nitrogen and oxygen atoms in total. The molecule has 1 rings (SSSR count). The van der Waals surface area contributed by atoms with Crippen molar-refractivity contribution in [1.82, 2.24) is 10.2 Å². The lowest BCUT2D eigenvalue weighted by atomic mass is 10.2. The average molecular weight is 220 g/mol. The lowest BCUT2D eigenvalue weighted by Gasteiger charge is -2.10. The van der Waals surface area contributed by atoms with Gasteiger partial charge in [-0.25, -0.2) is 0 Å². The molecule has 1 N–H and O–H groups in total. The summed E-state index contributed by atoms with van der Waals surface area (Å²) in [5, 5.41) is 3.26. The normalized spacial score (nSPS) is 10.7. The maximum atomic E-state index is 5.76. The summed E-state index contributed by atoms with van der Waals surface area (Å²) in [6.45, 7) is 7.30. The second-order valence-electron chi connectivity index (χ2n) is 3.98. The fourth-order valence-electron chi connectivity index (χ4n) is 1.56. The Bertz CT molecular complexity index is 362. The van der Waals surface area contributed by atoms with Crippen LogP contribution in [0.3, 0.4) is 0 Å². The molecule has 1 aromatic rings. The van der Waals surface area contributed by atoms with Gasteiger partial charge in [0.1, 0.15) is 11.5 Å². The van der Waals surface area contributed by atoms with Gasteiger partial charge in [0.2, 0.25) is 0 Å². The summed E-state index contributed by atoms with van der Waals surface area (Å²) in [5.41, 5.74) is 1.20. The van der Waals surface area contributed by atoms with Crippen LogP contribution in [-0.4, -0.2) is 25.0 Å². The Morgan fingerprint density at radius 3 is 2.94 bits per heavy atom. The van der Waals surface area contributed by atoms with E-state index in [1.165, 1.54) is 5.56 Å². The van der Waals surface area contributed by atoms with Crippen molar-refractivity contribution >= 4 is 0 Å². The van der Waals surface area contributed by atoms with Gasteiger partial charge in [-0.2, -0.15) is 0 Å². The second-order valence-corrected chi connectivity index (χ2v) is 3.98. The molecule has 0 aliphatic heterocycles. The molecule has 0 amide bonds. The first-order chi connectivity index (χ1) is 7.67. The average Bonchev–Trinajstić information content (AvgIpc) is 2.56. The van der Waals surface area contributed by atoms with Gasteiger partial charge in [0.25, 0.3) is 0 Å². The molecule has 0 aliphatic rings. The topological polar surface area (TPSA) is 28.4 Å². The SMILES string of the molecule is C#CCN(C)Cc1cc(C)c(CNCC)o1. The van der Waals surface area contributed by atoms with Gasteiger partial charge in [0.05, 0.1) is 19.6 Å². The number of nitrogens with one attached hydrogen (secondary N) is 1. The predicted octanol–water partition coefficient (Wildman–Crippen LogP) is 1.76. The minimum atomic E-state index is 0.641. The first-order valence-corrected chi connectivity index (χ1v) is 5.58. The largest absolute Gasteiger partial charge is 0.463 e. The molecule has 0 atom stereocenters. The van der Waals surface area contributed by atoms with Crippen molar-refractivity contribution < 1.29 is 4.42 Å². The number of nitrogens with zero attached hydrogens (tertiary/aromatic N) is 1. The summed E-state index contributed by atoms with van der Waals surface area (Å²) in [5.74, 6) is 4.61. The van der Waals surface area contributed by atoms with Crippen LogP contribution in [-0.2, 0) is 13.1 Å². The highest BCUT2D eigenvalue weighted by Gasteiger charge is 2.08. The van der Waals surface area contributed by atoms with Gasteiger partial charge in [-0.1, -0.05) is 12.8 Å². The summed E-state index contributed by atoms with van der Waals surface area (Å²) in [6, 6.07) is 2.08. The Kier molecular flexibility index (Phi) is 5.10. The Hall–Kier alpha value is -1.24. The Morgan fingerprint density at radius 1 is 1.56 bits per heavy atom. The van der Waals surface area contributed by atoms with Gasteiger partial charge in [-0.3, -0.25) is 4.90 Å². The van der Waals surface area contributed by atoms with Crippen molar-refractivity contribution in [2.75, 3.05) is 20.1 Å². The predicted molar refractivity (Wildman–Crippen MR) is 66.0 cm³/mol. The van der Waals surface area contributed by atoms with Crippen LogP contribution in [0.5, 0.6) is 0 Å². The van der Waals surface area contributed by atoms with E-state index < -0.39 is 0 Å².